The summed E-state index contributed by atoms with van der Waals surface area (Å²) in [7, 11) is 0. The number of carbonyl (C=O) groups is 1. The smallest absolute Gasteiger partial charge is 0.338 e. The molecule has 0 aliphatic heterocycles. The number of fused-ring (bicyclic) bond motifs is 7. The average molecular weight is 612 g/mol. The third kappa shape index (κ3) is 4.78. The summed E-state index contributed by atoms with van der Waals surface area (Å²) in [6.45, 7) is 30.7. The van der Waals surface area contributed by atoms with E-state index >= 15 is 0 Å². The Bertz CT molecular complexity index is 1390. The second-order valence-electron chi connectivity index (χ2n) is 18.6. The van der Waals surface area contributed by atoms with E-state index in [4.69, 9.17) is 4.74 Å². The Labute approximate surface area is 274 Å². The van der Waals surface area contributed by atoms with Crippen LogP contribution in [0.4, 0.5) is 0 Å². The molecular weight excluding hydrogens is 550 g/mol. The zero-order valence-corrected chi connectivity index (χ0v) is 30.0. The van der Waals surface area contributed by atoms with E-state index < -0.39 is 5.60 Å². The number of hydrogen-bond donors (Lipinski definition) is 0. The zero-order valence-electron chi connectivity index (χ0n) is 30.0. The van der Waals surface area contributed by atoms with E-state index in [2.05, 4.69) is 78.0 Å². The van der Waals surface area contributed by atoms with Gasteiger partial charge in [0.2, 0.25) is 0 Å². The predicted octanol–water partition coefficient (Wildman–Crippen LogP) is 11.0. The first-order valence-electron chi connectivity index (χ1n) is 18.1. The molecule has 3 unspecified atom stereocenters. The normalized spacial score (nSPS) is 41.9. The average Bonchev–Trinajstić information content (AvgIpc) is 3.32. The highest BCUT2D eigenvalue weighted by molar-refractivity contribution is 5.90. The Hall–Kier alpha value is -2.16. The molecule has 0 bridgehead atoms. The highest BCUT2D eigenvalue weighted by Gasteiger charge is 2.70. The van der Waals surface area contributed by atoms with Crippen molar-refractivity contribution >= 4 is 18.3 Å². The molecule has 0 radical (unpaired) electrons. The van der Waals surface area contributed by atoms with Gasteiger partial charge in [0, 0.05) is 6.54 Å². The third-order valence-corrected chi connectivity index (χ3v) is 15.1. The molecule has 0 aromatic heterocycles. The van der Waals surface area contributed by atoms with Crippen LogP contribution in [0.2, 0.25) is 0 Å². The number of esters is 1. The quantitative estimate of drug-likeness (QED) is 0.189. The minimum Gasteiger partial charge on any atom is -0.456 e. The van der Waals surface area contributed by atoms with Gasteiger partial charge in [0.15, 0.2) is 0 Å². The molecule has 0 saturated heterocycles. The molecule has 3 heteroatoms. The molecule has 1 aromatic rings. The molecule has 1 aromatic carbocycles. The number of hydrogen-bond acceptors (Lipinski definition) is 3. The van der Waals surface area contributed by atoms with Crippen molar-refractivity contribution in [1.82, 2.24) is 0 Å². The summed E-state index contributed by atoms with van der Waals surface area (Å²) in [6.07, 6.45) is 14.3. The molecule has 5 aliphatic rings. The Morgan fingerprint density at radius 2 is 1.60 bits per heavy atom. The first-order chi connectivity index (χ1) is 20.9. The topological polar surface area (TPSA) is 38.7 Å². The number of nitrogens with zero attached hydrogens (tertiary/aromatic N) is 1. The molecule has 9 atom stereocenters. The second-order valence-corrected chi connectivity index (χ2v) is 18.6. The van der Waals surface area contributed by atoms with Crippen LogP contribution in [0.3, 0.4) is 0 Å². The molecule has 4 fully saturated rings. The van der Waals surface area contributed by atoms with Gasteiger partial charge in [-0.15, -0.1) is 0 Å². The van der Waals surface area contributed by atoms with Crippen molar-refractivity contribution in [3.8, 4) is 0 Å². The first-order valence-corrected chi connectivity index (χ1v) is 18.1. The second kappa shape index (κ2) is 10.7. The zero-order chi connectivity index (χ0) is 32.8. The van der Waals surface area contributed by atoms with E-state index in [9.17, 15) is 4.79 Å². The van der Waals surface area contributed by atoms with E-state index in [1.807, 2.05) is 32.9 Å². The monoisotopic (exact) mass is 611 g/mol. The Balaban J connectivity index is 1.31. The molecule has 3 nitrogen and oxygen atoms in total. The molecule has 0 spiro atoms. The molecule has 4 saturated carbocycles. The maximum Gasteiger partial charge on any atom is 0.338 e. The fraction of sp³-hybridized carbons (Fsp3) is 0.714. The van der Waals surface area contributed by atoms with Crippen LogP contribution in [0.15, 0.2) is 47.5 Å². The number of aliphatic imine (C=N–C) groups is 1. The van der Waals surface area contributed by atoms with E-state index in [-0.39, 0.29) is 16.8 Å². The van der Waals surface area contributed by atoms with Gasteiger partial charge in [0.25, 0.3) is 0 Å². The summed E-state index contributed by atoms with van der Waals surface area (Å²) < 4.78 is 5.63. The Kier molecular flexibility index (Phi) is 7.78. The summed E-state index contributed by atoms with van der Waals surface area (Å²) in [5.74, 6) is 3.22. The van der Waals surface area contributed by atoms with Crippen LogP contribution in [-0.2, 0) is 4.74 Å². The molecule has 0 heterocycles. The van der Waals surface area contributed by atoms with Gasteiger partial charge >= 0.3 is 5.97 Å². The lowest BCUT2D eigenvalue weighted by Crippen LogP contribution is -2.65. The third-order valence-electron chi connectivity index (χ3n) is 15.1. The van der Waals surface area contributed by atoms with Crippen molar-refractivity contribution in [2.45, 2.75) is 126 Å². The van der Waals surface area contributed by atoms with E-state index in [1.54, 1.807) is 0 Å². The van der Waals surface area contributed by atoms with Crippen LogP contribution in [0.1, 0.15) is 136 Å². The molecule has 6 rings (SSSR count). The van der Waals surface area contributed by atoms with Gasteiger partial charge in [-0.25, -0.2) is 4.79 Å². The summed E-state index contributed by atoms with van der Waals surface area (Å²) in [6, 6.07) is 8.22. The lowest BCUT2D eigenvalue weighted by Gasteiger charge is -2.72. The van der Waals surface area contributed by atoms with Crippen molar-refractivity contribution in [3.05, 3.63) is 53.6 Å². The van der Waals surface area contributed by atoms with Crippen LogP contribution >= 0.6 is 0 Å². The number of rotatable bonds is 5. The van der Waals surface area contributed by atoms with Gasteiger partial charge in [-0.05, 0) is 172 Å². The standard InChI is InChI=1S/C42H61NO2/c1-27(2)30-18-23-42(26-43-11)25-24-40(9)32(35(30)42)16-17-34-39(8)21-19-31(38(6,7)33(39)20-22-41(34,40)10)28-12-14-29(15-13-28)36(44)45-37(3,4)5/h12-15,19,30,32-35H,1,11,16-18,20-26H2,2-10H3/t30-,32+,33?,34?,35?,39-,40+,41+,42+/m0/s1. The lowest BCUT2D eigenvalue weighted by molar-refractivity contribution is -0.224. The lowest BCUT2D eigenvalue weighted by atomic mass is 9.32. The van der Waals surface area contributed by atoms with Gasteiger partial charge in [-0.1, -0.05) is 65.0 Å². The van der Waals surface area contributed by atoms with E-state index in [0.29, 0.717) is 39.6 Å². The van der Waals surface area contributed by atoms with Gasteiger partial charge in [-0.3, -0.25) is 0 Å². The summed E-state index contributed by atoms with van der Waals surface area (Å²) >= 11 is 0. The van der Waals surface area contributed by atoms with Crippen molar-refractivity contribution in [2.75, 3.05) is 6.54 Å². The van der Waals surface area contributed by atoms with Crippen molar-refractivity contribution in [3.63, 3.8) is 0 Å². The fourth-order valence-corrected chi connectivity index (χ4v) is 13.0. The largest absolute Gasteiger partial charge is 0.456 e. The molecule has 0 N–H and O–H groups in total. The van der Waals surface area contributed by atoms with Crippen molar-refractivity contribution in [1.29, 1.82) is 0 Å². The summed E-state index contributed by atoms with van der Waals surface area (Å²) in [4.78, 5) is 17.3. The number of allylic oxidation sites excluding steroid dienone is 3. The maximum atomic E-state index is 12.7. The Morgan fingerprint density at radius 1 is 0.911 bits per heavy atom. The molecule has 0 amide bonds. The SMILES string of the molecule is C=NC[C@]12CC[C@@H](C(=C)C)C1[C@H]1CCC3[C@@]4(C)CC=C(c5ccc(C(=O)OC(C)(C)C)cc5)C(C)(C)C4CC[C@@]3(C)[C@]1(C)CC2. The van der Waals surface area contributed by atoms with Crippen LogP contribution in [-0.4, -0.2) is 24.8 Å². The van der Waals surface area contributed by atoms with Crippen molar-refractivity contribution in [2.24, 2.45) is 61.7 Å². The van der Waals surface area contributed by atoms with Crippen LogP contribution in [0.25, 0.3) is 5.57 Å². The minimum absolute atomic E-state index is 0.0629. The molecule has 5 aliphatic carbocycles. The highest BCUT2D eigenvalue weighted by Crippen LogP contribution is 2.77. The minimum atomic E-state index is -0.493. The van der Waals surface area contributed by atoms with Crippen LogP contribution in [0.5, 0.6) is 0 Å². The van der Waals surface area contributed by atoms with Crippen molar-refractivity contribution < 1.29 is 9.53 Å². The first kappa shape index (κ1) is 32.8. The molecule has 45 heavy (non-hydrogen) atoms. The fourth-order valence-electron chi connectivity index (χ4n) is 13.0. The van der Waals surface area contributed by atoms with E-state index in [1.165, 1.54) is 68.1 Å². The molecule has 246 valence electrons. The molecular formula is C42H61NO2. The summed E-state index contributed by atoms with van der Waals surface area (Å²) in [5.41, 5.74) is 5.63. The van der Waals surface area contributed by atoms with Crippen LogP contribution < -0.4 is 0 Å². The number of carbonyl (C=O) groups excluding carboxylic acids is 1. The highest BCUT2D eigenvalue weighted by atomic mass is 16.6. The van der Waals surface area contributed by atoms with Gasteiger partial charge in [0.05, 0.1) is 5.56 Å². The predicted molar refractivity (Wildman–Crippen MR) is 188 cm³/mol. The number of ether oxygens (including phenoxy) is 1. The van der Waals surface area contributed by atoms with Crippen LogP contribution in [0, 0.1) is 56.7 Å². The van der Waals surface area contributed by atoms with Gasteiger partial charge in [0.1, 0.15) is 5.60 Å². The van der Waals surface area contributed by atoms with Gasteiger partial charge in [-0.2, -0.15) is 0 Å². The van der Waals surface area contributed by atoms with E-state index in [0.717, 1.165) is 24.8 Å². The maximum absolute atomic E-state index is 12.7. The summed E-state index contributed by atoms with van der Waals surface area (Å²) in [5, 5.41) is 0. The number of benzene rings is 1. The van der Waals surface area contributed by atoms with Gasteiger partial charge < -0.3 is 9.73 Å². The Morgan fingerprint density at radius 3 is 2.22 bits per heavy atom.